The molecule has 3 heterocycles. The number of aliphatic hydroxyl groups is 1. The summed E-state index contributed by atoms with van der Waals surface area (Å²) in [6.45, 7) is 5.14. The SMILES string of the molecule is Cc1cc(F)ccc1C(O)(Cc1ccccc1)C1CN2CCC1CC2. The molecule has 132 valence electrons. The summed E-state index contributed by atoms with van der Waals surface area (Å²) < 4.78 is 13.7. The van der Waals surface area contributed by atoms with Gasteiger partial charge in [0.15, 0.2) is 0 Å². The third kappa shape index (κ3) is 3.11. The van der Waals surface area contributed by atoms with Gasteiger partial charge in [0.1, 0.15) is 5.82 Å². The molecule has 2 aromatic rings. The zero-order chi connectivity index (χ0) is 17.4. The third-order valence-electron chi connectivity index (χ3n) is 6.24. The number of fused-ring (bicyclic) bond motifs is 3. The van der Waals surface area contributed by atoms with Gasteiger partial charge in [0.25, 0.3) is 0 Å². The molecule has 0 aliphatic carbocycles. The fraction of sp³-hybridized carbons (Fsp3) is 0.455. The summed E-state index contributed by atoms with van der Waals surface area (Å²) >= 11 is 0. The second-order valence-corrected chi connectivity index (χ2v) is 7.79. The highest BCUT2D eigenvalue weighted by Crippen LogP contribution is 2.46. The Bertz CT molecular complexity index is 739. The van der Waals surface area contributed by atoms with Crippen molar-refractivity contribution >= 4 is 0 Å². The lowest BCUT2D eigenvalue weighted by atomic mass is 9.65. The van der Waals surface area contributed by atoms with Crippen molar-refractivity contribution in [2.45, 2.75) is 31.8 Å². The van der Waals surface area contributed by atoms with E-state index in [1.807, 2.05) is 25.1 Å². The van der Waals surface area contributed by atoms with Crippen LogP contribution in [0, 0.1) is 24.6 Å². The average molecular weight is 339 g/mol. The van der Waals surface area contributed by atoms with Crippen LogP contribution in [0.15, 0.2) is 48.5 Å². The summed E-state index contributed by atoms with van der Waals surface area (Å²) in [5.74, 6) is 0.500. The summed E-state index contributed by atoms with van der Waals surface area (Å²) in [7, 11) is 0. The van der Waals surface area contributed by atoms with Crippen molar-refractivity contribution in [2.24, 2.45) is 11.8 Å². The van der Waals surface area contributed by atoms with Gasteiger partial charge in [-0.2, -0.15) is 0 Å². The molecule has 0 amide bonds. The van der Waals surface area contributed by atoms with Crippen molar-refractivity contribution in [2.75, 3.05) is 19.6 Å². The second-order valence-electron chi connectivity index (χ2n) is 7.79. The molecule has 0 aromatic heterocycles. The Hall–Kier alpha value is -1.71. The van der Waals surface area contributed by atoms with Gasteiger partial charge in [-0.05, 0) is 67.6 Å². The van der Waals surface area contributed by atoms with E-state index in [-0.39, 0.29) is 11.7 Å². The standard InChI is InChI=1S/C22H26FNO/c1-16-13-19(23)7-8-20(16)22(25,14-17-5-3-2-4-6-17)21-15-24-11-9-18(21)10-12-24/h2-8,13,18,21,25H,9-12,14-15H2,1H3. The molecule has 3 aliphatic heterocycles. The number of nitrogens with zero attached hydrogens (tertiary/aromatic N) is 1. The minimum absolute atomic E-state index is 0.194. The third-order valence-corrected chi connectivity index (χ3v) is 6.24. The Morgan fingerprint density at radius 3 is 2.44 bits per heavy atom. The van der Waals surface area contributed by atoms with E-state index in [4.69, 9.17) is 0 Å². The highest BCUT2D eigenvalue weighted by atomic mass is 19.1. The van der Waals surface area contributed by atoms with Crippen molar-refractivity contribution in [3.63, 3.8) is 0 Å². The molecular weight excluding hydrogens is 313 g/mol. The quantitative estimate of drug-likeness (QED) is 0.913. The van der Waals surface area contributed by atoms with E-state index in [2.05, 4.69) is 17.0 Å². The Morgan fingerprint density at radius 1 is 1.12 bits per heavy atom. The molecule has 0 spiro atoms. The molecule has 2 aromatic carbocycles. The van der Waals surface area contributed by atoms with Crippen molar-refractivity contribution < 1.29 is 9.50 Å². The number of aryl methyl sites for hydroxylation is 1. The first kappa shape index (κ1) is 16.7. The van der Waals surface area contributed by atoms with Gasteiger partial charge in [0.2, 0.25) is 0 Å². The first-order valence-electron chi connectivity index (χ1n) is 9.31. The van der Waals surface area contributed by atoms with Crippen LogP contribution in [0.3, 0.4) is 0 Å². The molecule has 2 atom stereocenters. The minimum atomic E-state index is -0.955. The van der Waals surface area contributed by atoms with Crippen molar-refractivity contribution in [3.8, 4) is 0 Å². The molecule has 3 heteroatoms. The fourth-order valence-corrected chi connectivity index (χ4v) is 4.95. The zero-order valence-electron chi connectivity index (χ0n) is 14.8. The minimum Gasteiger partial charge on any atom is -0.384 e. The summed E-state index contributed by atoms with van der Waals surface area (Å²) in [6.07, 6.45) is 2.89. The van der Waals surface area contributed by atoms with E-state index in [9.17, 15) is 9.50 Å². The molecule has 2 unspecified atom stereocenters. The molecule has 1 N–H and O–H groups in total. The van der Waals surface area contributed by atoms with Gasteiger partial charge in [-0.25, -0.2) is 4.39 Å². The number of hydrogen-bond acceptors (Lipinski definition) is 2. The van der Waals surface area contributed by atoms with Gasteiger partial charge in [-0.1, -0.05) is 36.4 Å². The van der Waals surface area contributed by atoms with E-state index >= 15 is 0 Å². The molecule has 3 saturated heterocycles. The Kier molecular flexibility index (Phi) is 4.38. The molecular formula is C22H26FNO. The highest BCUT2D eigenvalue weighted by molar-refractivity contribution is 5.35. The number of rotatable bonds is 4. The predicted molar refractivity (Wildman–Crippen MR) is 97.8 cm³/mol. The smallest absolute Gasteiger partial charge is 0.123 e. The van der Waals surface area contributed by atoms with Crippen LogP contribution in [0.4, 0.5) is 4.39 Å². The van der Waals surface area contributed by atoms with E-state index in [1.165, 1.54) is 6.07 Å². The van der Waals surface area contributed by atoms with Crippen LogP contribution in [-0.2, 0) is 12.0 Å². The molecule has 25 heavy (non-hydrogen) atoms. The summed E-state index contributed by atoms with van der Waals surface area (Å²) in [4.78, 5) is 2.47. The Labute approximate surface area is 149 Å². The van der Waals surface area contributed by atoms with Gasteiger partial charge in [-0.3, -0.25) is 0 Å². The van der Waals surface area contributed by atoms with Gasteiger partial charge in [0, 0.05) is 18.9 Å². The number of benzene rings is 2. The zero-order valence-corrected chi connectivity index (χ0v) is 14.8. The predicted octanol–water partition coefficient (Wildman–Crippen LogP) is 3.91. The van der Waals surface area contributed by atoms with E-state index in [1.54, 1.807) is 12.1 Å². The Balaban J connectivity index is 1.77. The van der Waals surface area contributed by atoms with Crippen molar-refractivity contribution in [3.05, 3.63) is 71.0 Å². The van der Waals surface area contributed by atoms with Gasteiger partial charge in [-0.15, -0.1) is 0 Å². The van der Waals surface area contributed by atoms with E-state index in [0.717, 1.165) is 49.2 Å². The first-order chi connectivity index (χ1) is 12.1. The summed E-state index contributed by atoms with van der Waals surface area (Å²) in [5, 5.41) is 12.0. The molecule has 2 bridgehead atoms. The maximum Gasteiger partial charge on any atom is 0.123 e. The molecule has 3 fully saturated rings. The van der Waals surface area contributed by atoms with Crippen molar-refractivity contribution in [1.82, 2.24) is 4.90 Å². The van der Waals surface area contributed by atoms with Crippen molar-refractivity contribution in [1.29, 1.82) is 0 Å². The van der Waals surface area contributed by atoms with Crippen LogP contribution in [0.25, 0.3) is 0 Å². The average Bonchev–Trinajstić information content (AvgIpc) is 2.63. The number of piperidine rings is 3. The van der Waals surface area contributed by atoms with Crippen LogP contribution >= 0.6 is 0 Å². The van der Waals surface area contributed by atoms with Crippen LogP contribution in [0.2, 0.25) is 0 Å². The first-order valence-corrected chi connectivity index (χ1v) is 9.31. The largest absolute Gasteiger partial charge is 0.384 e. The molecule has 0 saturated carbocycles. The van der Waals surface area contributed by atoms with Crippen LogP contribution in [-0.4, -0.2) is 29.6 Å². The van der Waals surface area contributed by atoms with Crippen LogP contribution < -0.4 is 0 Å². The maximum atomic E-state index is 13.7. The lowest BCUT2D eigenvalue weighted by Crippen LogP contribution is -2.56. The van der Waals surface area contributed by atoms with Crippen LogP contribution in [0.1, 0.15) is 29.5 Å². The molecule has 0 radical (unpaired) electrons. The topological polar surface area (TPSA) is 23.5 Å². The van der Waals surface area contributed by atoms with E-state index in [0.29, 0.717) is 12.3 Å². The van der Waals surface area contributed by atoms with Gasteiger partial charge in [0.05, 0.1) is 5.60 Å². The normalized spacial score (nSPS) is 27.9. The summed E-state index contributed by atoms with van der Waals surface area (Å²) in [5.41, 5.74) is 1.90. The molecule has 5 rings (SSSR count). The number of hydrogen-bond donors (Lipinski definition) is 1. The van der Waals surface area contributed by atoms with Gasteiger partial charge < -0.3 is 10.0 Å². The fourth-order valence-electron chi connectivity index (χ4n) is 4.95. The Morgan fingerprint density at radius 2 is 1.84 bits per heavy atom. The number of halogens is 1. The monoisotopic (exact) mass is 339 g/mol. The second kappa shape index (κ2) is 6.54. The van der Waals surface area contributed by atoms with Gasteiger partial charge >= 0.3 is 0 Å². The molecule has 2 nitrogen and oxygen atoms in total. The lowest BCUT2D eigenvalue weighted by molar-refractivity contribution is -0.102. The lowest BCUT2D eigenvalue weighted by Gasteiger charge is -2.51. The maximum absolute atomic E-state index is 13.7. The molecule has 3 aliphatic rings. The highest BCUT2D eigenvalue weighted by Gasteiger charge is 2.48. The van der Waals surface area contributed by atoms with E-state index < -0.39 is 5.60 Å². The summed E-state index contributed by atoms with van der Waals surface area (Å²) in [6, 6.07) is 15.0. The van der Waals surface area contributed by atoms with Crippen LogP contribution in [0.5, 0.6) is 0 Å².